The molecule has 0 aliphatic rings. The predicted octanol–water partition coefficient (Wildman–Crippen LogP) is 7.11. The van der Waals surface area contributed by atoms with E-state index in [1.165, 1.54) is 96.3 Å². The maximum Gasteiger partial charge on any atom is 0.249 e. The van der Waals surface area contributed by atoms with E-state index in [9.17, 15) is 25.2 Å². The van der Waals surface area contributed by atoms with E-state index in [0.29, 0.717) is 12.8 Å². The number of amides is 1. The first-order valence-corrected chi connectivity index (χ1v) is 16.6. The molecule has 0 radical (unpaired) electrons. The van der Waals surface area contributed by atoms with Crippen LogP contribution in [0.2, 0.25) is 0 Å². The van der Waals surface area contributed by atoms with E-state index in [4.69, 9.17) is 0 Å². The first-order valence-electron chi connectivity index (χ1n) is 16.6. The summed E-state index contributed by atoms with van der Waals surface area (Å²) in [6.07, 6.45) is 26.6. The van der Waals surface area contributed by atoms with Crippen LogP contribution >= 0.6 is 0 Å². The van der Waals surface area contributed by atoms with Gasteiger partial charge in [-0.15, -0.1) is 0 Å². The third-order valence-corrected chi connectivity index (χ3v) is 7.73. The molecule has 0 bridgehead atoms. The largest absolute Gasteiger partial charge is 0.394 e. The van der Waals surface area contributed by atoms with Crippen LogP contribution in [0.5, 0.6) is 0 Å². The number of carbonyl (C=O) groups is 1. The third-order valence-electron chi connectivity index (χ3n) is 7.73. The summed E-state index contributed by atoms with van der Waals surface area (Å²) in [5, 5.41) is 43.2. The number of unbranched alkanes of at least 4 members (excludes halogenated alkanes) is 18. The molecule has 0 rings (SSSR count). The summed E-state index contributed by atoms with van der Waals surface area (Å²) in [6.45, 7) is 3.98. The van der Waals surface area contributed by atoms with E-state index in [2.05, 4.69) is 31.3 Å². The molecule has 0 fully saturated rings. The van der Waals surface area contributed by atoms with Gasteiger partial charge in [0.15, 0.2) is 0 Å². The van der Waals surface area contributed by atoms with Gasteiger partial charge in [0.25, 0.3) is 0 Å². The van der Waals surface area contributed by atoms with Crippen LogP contribution in [0.4, 0.5) is 0 Å². The van der Waals surface area contributed by atoms with Crippen LogP contribution in [-0.4, -0.2) is 57.3 Å². The van der Waals surface area contributed by atoms with E-state index in [0.717, 1.165) is 38.5 Å². The number of aliphatic hydroxyl groups excluding tert-OH is 4. The van der Waals surface area contributed by atoms with Crippen molar-refractivity contribution in [1.29, 1.82) is 0 Å². The first-order chi connectivity index (χ1) is 19.0. The Hall–Kier alpha value is -0.950. The van der Waals surface area contributed by atoms with Gasteiger partial charge in [0.2, 0.25) is 5.91 Å². The Morgan fingerprint density at radius 2 is 1.05 bits per heavy atom. The summed E-state index contributed by atoms with van der Waals surface area (Å²) in [5.41, 5.74) is 0. The molecule has 0 saturated heterocycles. The standard InChI is InChI=1S/C33H65NO5/c1-3-5-7-9-11-13-15-17-18-20-22-24-26-30(36)32(38)29(28-35)34-33(39)31(37)27-25-23-21-19-16-14-12-10-8-6-4-2/h18,20,29-32,35-38H,3-17,19,21-28H2,1-2H3,(H,34,39)/b20-18+. The fourth-order valence-electron chi connectivity index (χ4n) is 4.99. The molecule has 0 saturated carbocycles. The minimum absolute atomic E-state index is 0.366. The quantitative estimate of drug-likeness (QED) is 0.0499. The molecule has 4 atom stereocenters. The van der Waals surface area contributed by atoms with Gasteiger partial charge in [-0.1, -0.05) is 135 Å². The van der Waals surface area contributed by atoms with Gasteiger partial charge in [0, 0.05) is 0 Å². The van der Waals surface area contributed by atoms with E-state index in [-0.39, 0.29) is 0 Å². The zero-order valence-electron chi connectivity index (χ0n) is 25.6. The van der Waals surface area contributed by atoms with Crippen molar-refractivity contribution in [2.24, 2.45) is 0 Å². The van der Waals surface area contributed by atoms with Gasteiger partial charge in [-0.25, -0.2) is 0 Å². The molecule has 5 N–H and O–H groups in total. The van der Waals surface area contributed by atoms with E-state index >= 15 is 0 Å². The third kappa shape index (κ3) is 23.5. The van der Waals surface area contributed by atoms with Crippen molar-refractivity contribution in [3.63, 3.8) is 0 Å². The van der Waals surface area contributed by atoms with E-state index in [1.54, 1.807) is 0 Å². The summed E-state index contributed by atoms with van der Waals surface area (Å²) in [5.74, 6) is -0.597. The number of carbonyl (C=O) groups excluding carboxylic acids is 1. The maximum absolute atomic E-state index is 12.4. The second kappa shape index (κ2) is 28.6. The number of rotatable bonds is 29. The second-order valence-electron chi connectivity index (χ2n) is 11.5. The van der Waals surface area contributed by atoms with Crippen molar-refractivity contribution >= 4 is 5.91 Å². The molecule has 0 aromatic heterocycles. The predicted molar refractivity (Wildman–Crippen MR) is 164 cm³/mol. The van der Waals surface area contributed by atoms with E-state index in [1.807, 2.05) is 0 Å². The lowest BCUT2D eigenvalue weighted by atomic mass is 10.00. The summed E-state index contributed by atoms with van der Waals surface area (Å²) in [6, 6.07) is -0.993. The number of nitrogens with one attached hydrogen (secondary N) is 1. The lowest BCUT2D eigenvalue weighted by molar-refractivity contribution is -0.132. The van der Waals surface area contributed by atoms with Crippen LogP contribution < -0.4 is 5.32 Å². The Labute approximate surface area is 241 Å². The topological polar surface area (TPSA) is 110 Å². The minimum atomic E-state index is -1.27. The van der Waals surface area contributed by atoms with E-state index < -0.39 is 36.9 Å². The number of allylic oxidation sites excluding steroid dienone is 2. The normalized spacial score (nSPS) is 14.9. The lowest BCUT2D eigenvalue weighted by Gasteiger charge is -2.27. The highest BCUT2D eigenvalue weighted by Gasteiger charge is 2.28. The Kier molecular flexibility index (Phi) is 27.9. The van der Waals surface area contributed by atoms with Gasteiger partial charge in [0.1, 0.15) is 12.2 Å². The number of hydrogen-bond acceptors (Lipinski definition) is 5. The SMILES string of the molecule is CCCCCCCCC/C=C/CCCC(O)C(O)C(CO)NC(=O)C(O)CCCCCCCCCCCCC. The molecule has 0 aliphatic carbocycles. The van der Waals surface area contributed by atoms with Gasteiger partial charge in [-0.3, -0.25) is 4.79 Å². The second-order valence-corrected chi connectivity index (χ2v) is 11.5. The summed E-state index contributed by atoms with van der Waals surface area (Å²) >= 11 is 0. The molecule has 6 heteroatoms. The molecular weight excluding hydrogens is 490 g/mol. The van der Waals surface area contributed by atoms with Crippen LogP contribution in [0.3, 0.4) is 0 Å². The fourth-order valence-corrected chi connectivity index (χ4v) is 4.99. The molecule has 1 amide bonds. The van der Waals surface area contributed by atoms with Gasteiger partial charge in [0.05, 0.1) is 18.8 Å². The molecule has 0 aromatic rings. The van der Waals surface area contributed by atoms with Crippen molar-refractivity contribution in [1.82, 2.24) is 5.32 Å². The highest BCUT2D eigenvalue weighted by atomic mass is 16.3. The molecule has 4 unspecified atom stereocenters. The van der Waals surface area contributed by atoms with Crippen molar-refractivity contribution in [3.8, 4) is 0 Å². The van der Waals surface area contributed by atoms with Crippen molar-refractivity contribution < 1.29 is 25.2 Å². The van der Waals surface area contributed by atoms with Crippen LogP contribution in [-0.2, 0) is 4.79 Å². The monoisotopic (exact) mass is 555 g/mol. The smallest absolute Gasteiger partial charge is 0.249 e. The zero-order valence-corrected chi connectivity index (χ0v) is 25.6. The minimum Gasteiger partial charge on any atom is -0.394 e. The molecule has 39 heavy (non-hydrogen) atoms. The van der Waals surface area contributed by atoms with Gasteiger partial charge in [-0.2, -0.15) is 0 Å². The molecule has 0 aromatic carbocycles. The number of hydrogen-bond donors (Lipinski definition) is 5. The first kappa shape index (κ1) is 38.0. The summed E-state index contributed by atoms with van der Waals surface area (Å²) in [7, 11) is 0. The van der Waals surface area contributed by atoms with Gasteiger partial charge in [-0.05, 0) is 38.5 Å². The van der Waals surface area contributed by atoms with Crippen molar-refractivity contribution in [2.75, 3.05) is 6.61 Å². The summed E-state index contributed by atoms with van der Waals surface area (Å²) < 4.78 is 0. The molecule has 0 heterocycles. The van der Waals surface area contributed by atoms with Crippen LogP contribution in [0.25, 0.3) is 0 Å². The lowest BCUT2D eigenvalue weighted by Crippen LogP contribution is -2.53. The Bertz CT molecular complexity index is 556. The maximum atomic E-state index is 12.4. The van der Waals surface area contributed by atoms with Crippen LogP contribution in [0, 0.1) is 0 Å². The molecule has 0 spiro atoms. The van der Waals surface area contributed by atoms with Crippen molar-refractivity contribution in [3.05, 3.63) is 12.2 Å². The highest BCUT2D eigenvalue weighted by molar-refractivity contribution is 5.80. The zero-order chi connectivity index (χ0) is 29.0. The Balaban J connectivity index is 3.92. The molecular formula is C33H65NO5. The molecule has 6 nitrogen and oxygen atoms in total. The van der Waals surface area contributed by atoms with Crippen LogP contribution in [0.15, 0.2) is 12.2 Å². The van der Waals surface area contributed by atoms with Crippen molar-refractivity contribution in [2.45, 2.75) is 186 Å². The van der Waals surface area contributed by atoms with Gasteiger partial charge < -0.3 is 25.7 Å². The average molecular weight is 556 g/mol. The van der Waals surface area contributed by atoms with Gasteiger partial charge >= 0.3 is 0 Å². The van der Waals surface area contributed by atoms with Crippen LogP contribution in [0.1, 0.15) is 162 Å². The molecule has 0 aliphatic heterocycles. The fraction of sp³-hybridized carbons (Fsp3) is 0.909. The summed E-state index contributed by atoms with van der Waals surface area (Å²) in [4.78, 5) is 12.4. The Morgan fingerprint density at radius 1 is 0.615 bits per heavy atom. The highest BCUT2D eigenvalue weighted by Crippen LogP contribution is 2.14. The average Bonchev–Trinajstić information content (AvgIpc) is 2.94. The molecule has 232 valence electrons. The Morgan fingerprint density at radius 3 is 1.54 bits per heavy atom. The number of aliphatic hydroxyl groups is 4.